The van der Waals surface area contributed by atoms with E-state index in [0.717, 1.165) is 30.1 Å². The van der Waals surface area contributed by atoms with Gasteiger partial charge in [-0.2, -0.15) is 0 Å². The standard InChI is InChI=1S/C13H21N6/c1-17(2)9-7-15-13-11(14)12-10(18(3)4)6-5-8-19(12)16-13/h5-6,8H,1,7,9,14H2,2-4H3,(H,15,16)/q+1. The van der Waals surface area contributed by atoms with Crippen molar-refractivity contribution in [1.29, 1.82) is 0 Å². The van der Waals surface area contributed by atoms with Crippen molar-refractivity contribution in [3.05, 3.63) is 18.3 Å². The summed E-state index contributed by atoms with van der Waals surface area (Å²) in [5, 5.41) is 7.71. The van der Waals surface area contributed by atoms with Crippen LogP contribution in [0.3, 0.4) is 0 Å². The van der Waals surface area contributed by atoms with E-state index in [1.807, 2.05) is 48.9 Å². The third kappa shape index (κ3) is 2.62. The lowest BCUT2D eigenvalue weighted by Gasteiger charge is -2.13. The van der Waals surface area contributed by atoms with Gasteiger partial charge in [-0.3, -0.25) is 0 Å². The van der Waals surface area contributed by atoms with Crippen LogP contribution in [0, 0.1) is 0 Å². The number of hydrogen-bond donors (Lipinski definition) is 2. The molecule has 6 nitrogen and oxygen atoms in total. The summed E-state index contributed by atoms with van der Waals surface area (Å²) < 4.78 is 3.67. The zero-order valence-corrected chi connectivity index (χ0v) is 11.7. The topological polar surface area (TPSA) is 61.6 Å². The van der Waals surface area contributed by atoms with E-state index in [1.165, 1.54) is 0 Å². The highest BCUT2D eigenvalue weighted by Crippen LogP contribution is 2.30. The Morgan fingerprint density at radius 1 is 1.53 bits per heavy atom. The number of fused-ring (bicyclic) bond motifs is 1. The number of pyridine rings is 1. The third-order valence-corrected chi connectivity index (χ3v) is 2.94. The maximum absolute atomic E-state index is 6.19. The molecule has 2 heterocycles. The predicted octanol–water partition coefficient (Wildman–Crippen LogP) is 0.737. The van der Waals surface area contributed by atoms with Crippen molar-refractivity contribution in [2.45, 2.75) is 0 Å². The van der Waals surface area contributed by atoms with Gasteiger partial charge in [0, 0.05) is 20.3 Å². The number of rotatable bonds is 5. The molecule has 0 unspecified atom stereocenters. The van der Waals surface area contributed by atoms with Crippen LogP contribution in [0.2, 0.25) is 0 Å². The molecule has 0 spiro atoms. The van der Waals surface area contributed by atoms with Crippen LogP contribution in [0.1, 0.15) is 0 Å². The number of hydrogen-bond acceptors (Lipinski definition) is 4. The fourth-order valence-electron chi connectivity index (χ4n) is 1.96. The summed E-state index contributed by atoms with van der Waals surface area (Å²) >= 11 is 0. The highest BCUT2D eigenvalue weighted by molar-refractivity contribution is 5.90. The summed E-state index contributed by atoms with van der Waals surface area (Å²) in [4.78, 5) is 2.03. The molecule has 2 aromatic heterocycles. The van der Waals surface area contributed by atoms with E-state index in [1.54, 1.807) is 4.52 Å². The van der Waals surface area contributed by atoms with Gasteiger partial charge in [-0.05, 0) is 12.1 Å². The third-order valence-electron chi connectivity index (χ3n) is 2.94. The molecule has 0 saturated heterocycles. The molecule has 2 aromatic rings. The molecule has 6 heteroatoms. The molecule has 19 heavy (non-hydrogen) atoms. The van der Waals surface area contributed by atoms with Crippen molar-refractivity contribution in [2.24, 2.45) is 0 Å². The summed E-state index contributed by atoms with van der Waals surface area (Å²) in [7, 11) is 5.91. The average molecular weight is 261 g/mol. The minimum atomic E-state index is 0.677. The maximum atomic E-state index is 6.19. The SMILES string of the molecule is C=[N+](C)CCNc1nn2cccc(N(C)C)c2c1N. The van der Waals surface area contributed by atoms with E-state index in [4.69, 9.17) is 5.73 Å². The molecule has 0 aliphatic heterocycles. The summed E-state index contributed by atoms with van der Waals surface area (Å²) in [6.07, 6.45) is 1.90. The lowest BCUT2D eigenvalue weighted by molar-refractivity contribution is -0.484. The van der Waals surface area contributed by atoms with E-state index in [-0.39, 0.29) is 0 Å². The van der Waals surface area contributed by atoms with E-state index in [0.29, 0.717) is 5.69 Å². The molecule has 102 valence electrons. The van der Waals surface area contributed by atoms with E-state index in [9.17, 15) is 0 Å². The second-order valence-electron chi connectivity index (χ2n) is 4.85. The number of anilines is 3. The van der Waals surface area contributed by atoms with Crippen LogP contribution in [-0.4, -0.2) is 55.1 Å². The number of nitrogen functional groups attached to an aromatic ring is 1. The first-order valence-electron chi connectivity index (χ1n) is 6.20. The fourth-order valence-corrected chi connectivity index (χ4v) is 1.96. The van der Waals surface area contributed by atoms with Crippen LogP contribution in [0.25, 0.3) is 5.52 Å². The molecule has 0 atom stereocenters. The van der Waals surface area contributed by atoms with Gasteiger partial charge in [0.2, 0.25) is 0 Å². The predicted molar refractivity (Wildman–Crippen MR) is 80.6 cm³/mol. The van der Waals surface area contributed by atoms with Crippen molar-refractivity contribution in [3.8, 4) is 0 Å². The number of nitrogens with zero attached hydrogens (tertiary/aromatic N) is 4. The average Bonchev–Trinajstić information content (AvgIpc) is 2.66. The second kappa shape index (κ2) is 5.17. The van der Waals surface area contributed by atoms with Crippen LogP contribution >= 0.6 is 0 Å². The normalized spacial score (nSPS) is 10.7. The Balaban J connectivity index is 2.34. The minimum Gasteiger partial charge on any atom is -0.394 e. The zero-order chi connectivity index (χ0) is 14.0. The monoisotopic (exact) mass is 261 g/mol. The van der Waals surface area contributed by atoms with Gasteiger partial charge in [-0.15, -0.1) is 5.10 Å². The fraction of sp³-hybridized carbons (Fsp3) is 0.385. The lowest BCUT2D eigenvalue weighted by atomic mass is 10.3. The quantitative estimate of drug-likeness (QED) is 0.615. The largest absolute Gasteiger partial charge is 0.394 e. The minimum absolute atomic E-state index is 0.677. The molecular weight excluding hydrogens is 240 g/mol. The van der Waals surface area contributed by atoms with Gasteiger partial charge in [0.25, 0.3) is 0 Å². The Labute approximate surface area is 113 Å². The van der Waals surface area contributed by atoms with Crippen molar-refractivity contribution in [2.75, 3.05) is 50.2 Å². The Kier molecular flexibility index (Phi) is 3.59. The van der Waals surface area contributed by atoms with Crippen molar-refractivity contribution in [1.82, 2.24) is 9.61 Å². The van der Waals surface area contributed by atoms with Gasteiger partial charge < -0.3 is 16.0 Å². The Hall–Kier alpha value is -2.24. The number of aromatic nitrogens is 2. The zero-order valence-electron chi connectivity index (χ0n) is 11.7. The summed E-state index contributed by atoms with van der Waals surface area (Å²) in [6.45, 7) is 5.38. The van der Waals surface area contributed by atoms with Gasteiger partial charge in [0.15, 0.2) is 12.4 Å². The van der Waals surface area contributed by atoms with Gasteiger partial charge in [-0.25, -0.2) is 9.09 Å². The summed E-state index contributed by atoms with van der Waals surface area (Å²) in [5.74, 6) is 0.719. The molecule has 0 aliphatic rings. The van der Waals surface area contributed by atoms with Gasteiger partial charge in [0.1, 0.15) is 25.0 Å². The lowest BCUT2D eigenvalue weighted by Crippen LogP contribution is -2.16. The van der Waals surface area contributed by atoms with Crippen LogP contribution in [0.15, 0.2) is 18.3 Å². The van der Waals surface area contributed by atoms with Gasteiger partial charge >= 0.3 is 0 Å². The molecule has 0 bridgehead atoms. The van der Waals surface area contributed by atoms with E-state index >= 15 is 0 Å². The Morgan fingerprint density at radius 2 is 2.26 bits per heavy atom. The second-order valence-corrected chi connectivity index (χ2v) is 4.85. The molecule has 0 amide bonds. The first-order valence-corrected chi connectivity index (χ1v) is 6.20. The van der Waals surface area contributed by atoms with Crippen molar-refractivity contribution >= 4 is 29.4 Å². The van der Waals surface area contributed by atoms with Gasteiger partial charge in [-0.1, -0.05) is 0 Å². The van der Waals surface area contributed by atoms with Crippen LogP contribution in [-0.2, 0) is 0 Å². The maximum Gasteiger partial charge on any atom is 0.172 e. The molecule has 2 rings (SSSR count). The van der Waals surface area contributed by atoms with Crippen LogP contribution in [0.4, 0.5) is 17.2 Å². The van der Waals surface area contributed by atoms with Crippen molar-refractivity contribution < 1.29 is 4.58 Å². The smallest absolute Gasteiger partial charge is 0.172 e. The molecular formula is C13H21N6+. The molecule has 0 aliphatic carbocycles. The van der Waals surface area contributed by atoms with E-state index in [2.05, 4.69) is 17.1 Å². The molecule has 0 saturated carbocycles. The molecule has 0 fully saturated rings. The highest BCUT2D eigenvalue weighted by Gasteiger charge is 2.14. The van der Waals surface area contributed by atoms with Gasteiger partial charge in [0.05, 0.1) is 12.2 Å². The van der Waals surface area contributed by atoms with Crippen molar-refractivity contribution in [3.63, 3.8) is 0 Å². The first kappa shape index (κ1) is 13.2. The summed E-state index contributed by atoms with van der Waals surface area (Å²) in [6, 6.07) is 3.99. The van der Waals surface area contributed by atoms with E-state index < -0.39 is 0 Å². The number of likely N-dealkylation sites (N-methyl/N-ethyl adjacent to an activating group) is 1. The highest BCUT2D eigenvalue weighted by atomic mass is 15.3. The molecule has 0 aromatic carbocycles. The molecule has 0 radical (unpaired) electrons. The Morgan fingerprint density at radius 3 is 2.89 bits per heavy atom. The number of nitrogens with one attached hydrogen (secondary N) is 1. The molecule has 3 N–H and O–H groups in total. The number of nitrogens with two attached hydrogens (primary N) is 1. The van der Waals surface area contributed by atoms with Crippen LogP contribution in [0.5, 0.6) is 0 Å². The Bertz CT molecular complexity index is 598. The first-order chi connectivity index (χ1) is 9.00. The van der Waals surface area contributed by atoms with Crippen LogP contribution < -0.4 is 16.0 Å². The summed E-state index contributed by atoms with van der Waals surface area (Å²) in [5.41, 5.74) is 8.85.